The van der Waals surface area contributed by atoms with E-state index < -0.39 is 21.4 Å². The Hall–Kier alpha value is -1.75. The molecule has 4 nitrogen and oxygen atoms in total. The van der Waals surface area contributed by atoms with E-state index >= 15 is 0 Å². The Kier molecular flexibility index (Phi) is 4.90. The summed E-state index contributed by atoms with van der Waals surface area (Å²) >= 11 is 3.33. The predicted molar refractivity (Wildman–Crippen MR) is 88.6 cm³/mol. The van der Waals surface area contributed by atoms with E-state index in [1.807, 2.05) is 12.1 Å². The molecule has 23 heavy (non-hydrogen) atoms. The third-order valence-electron chi connectivity index (χ3n) is 3.32. The molecule has 2 rings (SSSR count). The van der Waals surface area contributed by atoms with Crippen molar-refractivity contribution in [1.82, 2.24) is 4.72 Å². The molecule has 2 aromatic carbocycles. The standard InChI is InChI=1S/C16H14BrFN2O2S/c1-16(2,12-3-5-13(17)6-4-12)20-23(21,22)14-7-8-15(18)11(9-14)10-19/h3-9,20H,1-2H3. The molecule has 0 radical (unpaired) electrons. The monoisotopic (exact) mass is 396 g/mol. The molecule has 7 heteroatoms. The van der Waals surface area contributed by atoms with Crippen molar-refractivity contribution in [2.75, 3.05) is 0 Å². The number of benzene rings is 2. The molecule has 120 valence electrons. The number of nitrogens with zero attached hydrogens (tertiary/aromatic N) is 1. The summed E-state index contributed by atoms with van der Waals surface area (Å²) in [4.78, 5) is -0.152. The summed E-state index contributed by atoms with van der Waals surface area (Å²) in [5.41, 5.74) is -0.415. The van der Waals surface area contributed by atoms with Crippen LogP contribution in [0.25, 0.3) is 0 Å². The van der Waals surface area contributed by atoms with Crippen LogP contribution in [-0.2, 0) is 15.6 Å². The second kappa shape index (κ2) is 6.40. The topological polar surface area (TPSA) is 70.0 Å². The van der Waals surface area contributed by atoms with Crippen LogP contribution in [0.15, 0.2) is 51.8 Å². The third-order valence-corrected chi connectivity index (χ3v) is 5.51. The summed E-state index contributed by atoms with van der Waals surface area (Å²) in [7, 11) is -3.91. The van der Waals surface area contributed by atoms with Gasteiger partial charge in [-0.15, -0.1) is 0 Å². The van der Waals surface area contributed by atoms with Crippen LogP contribution < -0.4 is 4.72 Å². The Bertz CT molecular complexity index is 872. The van der Waals surface area contributed by atoms with Crippen molar-refractivity contribution in [3.63, 3.8) is 0 Å². The minimum Gasteiger partial charge on any atom is -0.207 e. The van der Waals surface area contributed by atoms with Gasteiger partial charge in [0.2, 0.25) is 10.0 Å². The van der Waals surface area contributed by atoms with Crippen LogP contribution in [0.3, 0.4) is 0 Å². The molecule has 0 saturated carbocycles. The fourth-order valence-corrected chi connectivity index (χ4v) is 3.77. The number of hydrogen-bond acceptors (Lipinski definition) is 3. The Morgan fingerprint density at radius 2 is 1.78 bits per heavy atom. The van der Waals surface area contributed by atoms with E-state index in [2.05, 4.69) is 20.7 Å². The van der Waals surface area contributed by atoms with Gasteiger partial charge in [-0.05, 0) is 49.7 Å². The number of nitrogens with one attached hydrogen (secondary N) is 1. The van der Waals surface area contributed by atoms with E-state index in [1.54, 1.807) is 32.0 Å². The highest BCUT2D eigenvalue weighted by molar-refractivity contribution is 9.10. The highest BCUT2D eigenvalue weighted by Gasteiger charge is 2.28. The first-order valence-electron chi connectivity index (χ1n) is 6.65. The lowest BCUT2D eigenvalue weighted by Crippen LogP contribution is -2.40. The zero-order valence-corrected chi connectivity index (χ0v) is 14.9. The number of sulfonamides is 1. The molecule has 0 aliphatic heterocycles. The molecule has 0 aliphatic rings. The van der Waals surface area contributed by atoms with Crippen LogP contribution in [-0.4, -0.2) is 8.42 Å². The van der Waals surface area contributed by atoms with Crippen LogP contribution >= 0.6 is 15.9 Å². The maximum atomic E-state index is 13.4. The molecule has 0 aliphatic carbocycles. The van der Waals surface area contributed by atoms with Crippen LogP contribution in [0.1, 0.15) is 25.0 Å². The van der Waals surface area contributed by atoms with Crippen LogP contribution in [0.4, 0.5) is 4.39 Å². The average Bonchev–Trinajstić information content (AvgIpc) is 2.47. The number of rotatable bonds is 4. The third kappa shape index (κ3) is 3.96. The van der Waals surface area contributed by atoms with Gasteiger partial charge in [-0.2, -0.15) is 5.26 Å². The molecular formula is C16H14BrFN2O2S. The smallest absolute Gasteiger partial charge is 0.207 e. The Balaban J connectivity index is 2.37. The lowest BCUT2D eigenvalue weighted by atomic mass is 9.96. The Morgan fingerprint density at radius 1 is 1.17 bits per heavy atom. The van der Waals surface area contributed by atoms with Gasteiger partial charge in [-0.25, -0.2) is 17.5 Å². The summed E-state index contributed by atoms with van der Waals surface area (Å²) < 4.78 is 41.9. The largest absolute Gasteiger partial charge is 0.241 e. The van der Waals surface area contributed by atoms with E-state index in [9.17, 15) is 12.8 Å². The van der Waals surface area contributed by atoms with Gasteiger partial charge < -0.3 is 0 Å². The zero-order chi connectivity index (χ0) is 17.3. The molecule has 0 fully saturated rings. The quantitative estimate of drug-likeness (QED) is 0.856. The fraction of sp³-hybridized carbons (Fsp3) is 0.188. The van der Waals surface area contributed by atoms with E-state index in [0.29, 0.717) is 0 Å². The summed E-state index contributed by atoms with van der Waals surface area (Å²) in [6, 6.07) is 12.0. The van der Waals surface area contributed by atoms with Crippen LogP contribution in [0.5, 0.6) is 0 Å². The molecular weight excluding hydrogens is 383 g/mol. The molecule has 0 amide bonds. The molecule has 0 atom stereocenters. The van der Waals surface area contributed by atoms with E-state index in [-0.39, 0.29) is 10.5 Å². The average molecular weight is 397 g/mol. The van der Waals surface area contributed by atoms with Crippen molar-refractivity contribution in [3.8, 4) is 6.07 Å². The molecule has 1 N–H and O–H groups in total. The molecule has 0 bridgehead atoms. The number of nitriles is 1. The van der Waals surface area contributed by atoms with Crippen LogP contribution in [0, 0.1) is 17.1 Å². The van der Waals surface area contributed by atoms with Crippen molar-refractivity contribution >= 4 is 26.0 Å². The highest BCUT2D eigenvalue weighted by atomic mass is 79.9. The highest BCUT2D eigenvalue weighted by Crippen LogP contribution is 2.25. The molecule has 0 saturated heterocycles. The minimum atomic E-state index is -3.91. The van der Waals surface area contributed by atoms with Gasteiger partial charge in [0.05, 0.1) is 16.0 Å². The van der Waals surface area contributed by atoms with Crippen molar-refractivity contribution in [1.29, 1.82) is 5.26 Å². The second-order valence-electron chi connectivity index (χ2n) is 5.49. The van der Waals surface area contributed by atoms with Crippen LogP contribution in [0.2, 0.25) is 0 Å². The van der Waals surface area contributed by atoms with E-state index in [1.165, 1.54) is 0 Å². The molecule has 0 unspecified atom stereocenters. The normalized spacial score (nSPS) is 12.0. The van der Waals surface area contributed by atoms with Gasteiger partial charge in [-0.3, -0.25) is 0 Å². The Labute approximate surface area is 143 Å². The number of halogens is 2. The summed E-state index contributed by atoms with van der Waals surface area (Å²) in [6.45, 7) is 3.45. The first kappa shape index (κ1) is 17.6. The molecule has 0 spiro atoms. The molecule has 2 aromatic rings. The van der Waals surface area contributed by atoms with Crippen molar-refractivity contribution in [2.45, 2.75) is 24.3 Å². The van der Waals surface area contributed by atoms with Crippen molar-refractivity contribution in [3.05, 3.63) is 63.9 Å². The lowest BCUT2D eigenvalue weighted by molar-refractivity contribution is 0.472. The predicted octanol–water partition coefficient (Wildman–Crippen LogP) is 3.67. The first-order chi connectivity index (χ1) is 10.7. The first-order valence-corrected chi connectivity index (χ1v) is 8.93. The van der Waals surface area contributed by atoms with Gasteiger partial charge in [0.25, 0.3) is 0 Å². The summed E-state index contributed by atoms with van der Waals surface area (Å²) in [5, 5.41) is 8.84. The zero-order valence-electron chi connectivity index (χ0n) is 12.5. The van der Waals surface area contributed by atoms with Gasteiger partial charge in [0.1, 0.15) is 11.9 Å². The van der Waals surface area contributed by atoms with E-state index in [4.69, 9.17) is 5.26 Å². The lowest BCUT2D eigenvalue weighted by Gasteiger charge is -2.26. The minimum absolute atomic E-state index is 0.152. The van der Waals surface area contributed by atoms with Gasteiger partial charge in [-0.1, -0.05) is 28.1 Å². The van der Waals surface area contributed by atoms with Gasteiger partial charge in [0.15, 0.2) is 0 Å². The van der Waals surface area contributed by atoms with Gasteiger partial charge >= 0.3 is 0 Å². The summed E-state index contributed by atoms with van der Waals surface area (Å²) in [5.74, 6) is -0.751. The second-order valence-corrected chi connectivity index (χ2v) is 8.09. The van der Waals surface area contributed by atoms with Gasteiger partial charge in [0, 0.05) is 4.47 Å². The maximum absolute atomic E-state index is 13.4. The molecule has 0 aromatic heterocycles. The van der Waals surface area contributed by atoms with Crippen molar-refractivity contribution < 1.29 is 12.8 Å². The maximum Gasteiger partial charge on any atom is 0.241 e. The fourth-order valence-electron chi connectivity index (χ4n) is 2.08. The molecule has 0 heterocycles. The number of hydrogen-bond donors (Lipinski definition) is 1. The Morgan fingerprint density at radius 3 is 2.35 bits per heavy atom. The van der Waals surface area contributed by atoms with Crippen molar-refractivity contribution in [2.24, 2.45) is 0 Å². The summed E-state index contributed by atoms with van der Waals surface area (Å²) in [6.07, 6.45) is 0. The van der Waals surface area contributed by atoms with E-state index in [0.717, 1.165) is 28.2 Å². The SMILES string of the molecule is CC(C)(NS(=O)(=O)c1ccc(F)c(C#N)c1)c1ccc(Br)cc1.